The Morgan fingerprint density at radius 1 is 0.392 bits per heavy atom. The molecule has 1 aliphatic carbocycles. The van der Waals surface area contributed by atoms with Gasteiger partial charge in [0.25, 0.3) is 0 Å². The molecule has 1 nitrogen and oxygen atoms in total. The summed E-state index contributed by atoms with van der Waals surface area (Å²) in [6.45, 7) is 4.71. The Kier molecular flexibility index (Phi) is 6.78. The molecule has 0 radical (unpaired) electrons. The molecule has 8 aromatic carbocycles. The highest BCUT2D eigenvalue weighted by Crippen LogP contribution is 2.51. The summed E-state index contributed by atoms with van der Waals surface area (Å²) in [6, 6.07) is 65.0. The molecule has 242 valence electrons. The lowest BCUT2D eigenvalue weighted by atomic mass is 9.82. The number of fused-ring (bicyclic) bond motifs is 7. The van der Waals surface area contributed by atoms with Crippen molar-refractivity contribution in [3.8, 4) is 33.4 Å². The molecule has 0 unspecified atom stereocenters. The quantitative estimate of drug-likeness (QED) is 0.176. The van der Waals surface area contributed by atoms with E-state index in [4.69, 9.17) is 0 Å². The fourth-order valence-electron chi connectivity index (χ4n) is 8.18. The van der Waals surface area contributed by atoms with Crippen LogP contribution in [0, 0.1) is 0 Å². The number of hydrogen-bond donors (Lipinski definition) is 0. The van der Waals surface area contributed by atoms with Gasteiger partial charge in [-0.25, -0.2) is 0 Å². The molecule has 0 bridgehead atoms. The van der Waals surface area contributed by atoms with E-state index in [9.17, 15) is 0 Å². The molecule has 0 aliphatic heterocycles. The van der Waals surface area contributed by atoms with Crippen LogP contribution in [0.25, 0.3) is 64.3 Å². The van der Waals surface area contributed by atoms with Crippen LogP contribution in [0.4, 0.5) is 17.1 Å². The number of hydrogen-bond acceptors (Lipinski definition) is 2. The van der Waals surface area contributed by atoms with Gasteiger partial charge in [-0.3, -0.25) is 0 Å². The lowest BCUT2D eigenvalue weighted by molar-refractivity contribution is 0.660. The number of benzene rings is 8. The molecule has 51 heavy (non-hydrogen) atoms. The maximum atomic E-state index is 2.42. The van der Waals surface area contributed by atoms with Crippen molar-refractivity contribution in [2.75, 3.05) is 4.90 Å². The minimum Gasteiger partial charge on any atom is -0.310 e. The normalized spacial score (nSPS) is 13.1. The van der Waals surface area contributed by atoms with E-state index in [0.717, 1.165) is 17.1 Å². The van der Waals surface area contributed by atoms with Crippen molar-refractivity contribution < 1.29 is 0 Å². The second kappa shape index (κ2) is 11.6. The third kappa shape index (κ3) is 4.90. The van der Waals surface area contributed by atoms with Gasteiger partial charge in [0.2, 0.25) is 0 Å². The molecule has 0 atom stereocenters. The molecule has 0 N–H and O–H groups in total. The standard InChI is InChI=1S/C49H35NS/c1-49(2)45-16-7-5-14-41(45)42-26-25-40(31-46(42)49)50(39-13-9-12-35(29-39)36-19-18-32-10-3-4-11-34(32)28-36)38-23-20-33(21-24-38)37-22-27-48-44(30-37)43-15-6-8-17-47(43)51-48/h3-31H,1-2H3. The van der Waals surface area contributed by atoms with Crippen LogP contribution in [-0.2, 0) is 5.41 Å². The Labute approximate surface area is 302 Å². The zero-order valence-electron chi connectivity index (χ0n) is 28.6. The molecule has 1 aliphatic rings. The van der Waals surface area contributed by atoms with E-state index in [1.54, 1.807) is 0 Å². The molecule has 10 rings (SSSR count). The van der Waals surface area contributed by atoms with Gasteiger partial charge >= 0.3 is 0 Å². The molecule has 1 heterocycles. The maximum Gasteiger partial charge on any atom is 0.0467 e. The molecule has 9 aromatic rings. The fourth-order valence-corrected chi connectivity index (χ4v) is 9.27. The van der Waals surface area contributed by atoms with Gasteiger partial charge in [-0.1, -0.05) is 129 Å². The number of rotatable bonds is 5. The molecule has 2 heteroatoms. The smallest absolute Gasteiger partial charge is 0.0467 e. The number of thiophene rings is 1. The van der Waals surface area contributed by atoms with Crippen LogP contribution in [-0.4, -0.2) is 0 Å². The molecule has 0 saturated carbocycles. The Bertz CT molecular complexity index is 2780. The monoisotopic (exact) mass is 669 g/mol. The summed E-state index contributed by atoms with van der Waals surface area (Å²) >= 11 is 1.86. The lowest BCUT2D eigenvalue weighted by Crippen LogP contribution is -2.16. The zero-order chi connectivity index (χ0) is 34.1. The Morgan fingerprint density at radius 2 is 1.04 bits per heavy atom. The second-order valence-electron chi connectivity index (χ2n) is 14.2. The Hall–Kier alpha value is -5.96. The summed E-state index contributed by atoms with van der Waals surface area (Å²) < 4.78 is 2.66. The highest BCUT2D eigenvalue weighted by atomic mass is 32.1. The first-order valence-corrected chi connectivity index (χ1v) is 18.5. The second-order valence-corrected chi connectivity index (χ2v) is 15.3. The van der Waals surface area contributed by atoms with Crippen LogP contribution in [0.15, 0.2) is 176 Å². The third-order valence-electron chi connectivity index (χ3n) is 10.8. The van der Waals surface area contributed by atoms with E-state index in [0.29, 0.717) is 0 Å². The van der Waals surface area contributed by atoms with Gasteiger partial charge in [-0.15, -0.1) is 11.3 Å². The summed E-state index contributed by atoms with van der Waals surface area (Å²) in [6.07, 6.45) is 0. The summed E-state index contributed by atoms with van der Waals surface area (Å²) in [5.74, 6) is 0. The predicted octanol–water partition coefficient (Wildman–Crippen LogP) is 14.3. The first kappa shape index (κ1) is 29.9. The molecule has 0 fully saturated rings. The van der Waals surface area contributed by atoms with E-state index in [1.807, 2.05) is 11.3 Å². The van der Waals surface area contributed by atoms with Crippen LogP contribution in [0.5, 0.6) is 0 Å². The first-order valence-electron chi connectivity index (χ1n) is 17.7. The highest BCUT2D eigenvalue weighted by Gasteiger charge is 2.35. The van der Waals surface area contributed by atoms with Gasteiger partial charge in [0, 0.05) is 42.6 Å². The van der Waals surface area contributed by atoms with Crippen molar-refractivity contribution in [2.24, 2.45) is 0 Å². The predicted molar refractivity (Wildman–Crippen MR) is 220 cm³/mol. The van der Waals surface area contributed by atoms with Crippen molar-refractivity contribution in [3.05, 3.63) is 187 Å². The summed E-state index contributed by atoms with van der Waals surface area (Å²) in [5.41, 5.74) is 13.6. The molecular weight excluding hydrogens is 635 g/mol. The number of anilines is 3. The van der Waals surface area contributed by atoms with Gasteiger partial charge in [0.05, 0.1) is 0 Å². The van der Waals surface area contributed by atoms with Crippen LogP contribution in [0.1, 0.15) is 25.0 Å². The van der Waals surface area contributed by atoms with Crippen LogP contribution in [0.3, 0.4) is 0 Å². The van der Waals surface area contributed by atoms with Crippen LogP contribution in [0.2, 0.25) is 0 Å². The van der Waals surface area contributed by atoms with Gasteiger partial charge in [-0.2, -0.15) is 0 Å². The molecular formula is C49H35NS. The van der Waals surface area contributed by atoms with Crippen molar-refractivity contribution in [1.29, 1.82) is 0 Å². The Morgan fingerprint density at radius 3 is 1.94 bits per heavy atom. The van der Waals surface area contributed by atoms with E-state index < -0.39 is 0 Å². The summed E-state index contributed by atoms with van der Waals surface area (Å²) in [4.78, 5) is 2.42. The maximum absolute atomic E-state index is 2.42. The van der Waals surface area contributed by atoms with E-state index in [1.165, 1.54) is 75.5 Å². The van der Waals surface area contributed by atoms with Crippen LogP contribution < -0.4 is 4.90 Å². The fraction of sp³-hybridized carbons (Fsp3) is 0.0612. The lowest BCUT2D eigenvalue weighted by Gasteiger charge is -2.28. The van der Waals surface area contributed by atoms with Crippen molar-refractivity contribution in [3.63, 3.8) is 0 Å². The molecule has 1 aromatic heterocycles. The largest absolute Gasteiger partial charge is 0.310 e. The van der Waals surface area contributed by atoms with Crippen molar-refractivity contribution in [1.82, 2.24) is 0 Å². The average Bonchev–Trinajstić information content (AvgIpc) is 3.66. The van der Waals surface area contributed by atoms with Gasteiger partial charge < -0.3 is 4.90 Å². The van der Waals surface area contributed by atoms with E-state index in [2.05, 4.69) is 195 Å². The SMILES string of the molecule is CC1(C)c2ccccc2-c2ccc(N(c3ccc(-c4ccc5sc6ccccc6c5c4)cc3)c3cccc(-c4ccc5ccccc5c4)c3)cc21. The molecule has 0 spiro atoms. The van der Waals surface area contributed by atoms with Gasteiger partial charge in [0.15, 0.2) is 0 Å². The minimum atomic E-state index is -0.0884. The summed E-state index contributed by atoms with van der Waals surface area (Å²) in [5, 5.41) is 5.16. The van der Waals surface area contributed by atoms with E-state index >= 15 is 0 Å². The third-order valence-corrected chi connectivity index (χ3v) is 12.0. The zero-order valence-corrected chi connectivity index (χ0v) is 29.4. The van der Waals surface area contributed by atoms with Gasteiger partial charge in [0.1, 0.15) is 0 Å². The number of nitrogens with zero attached hydrogens (tertiary/aromatic N) is 1. The van der Waals surface area contributed by atoms with Crippen LogP contribution >= 0.6 is 11.3 Å². The van der Waals surface area contributed by atoms with Crippen molar-refractivity contribution in [2.45, 2.75) is 19.3 Å². The Balaban J connectivity index is 1.10. The topological polar surface area (TPSA) is 3.24 Å². The van der Waals surface area contributed by atoms with Crippen molar-refractivity contribution >= 4 is 59.3 Å². The summed E-state index contributed by atoms with van der Waals surface area (Å²) in [7, 11) is 0. The average molecular weight is 670 g/mol. The highest BCUT2D eigenvalue weighted by molar-refractivity contribution is 7.25. The first-order chi connectivity index (χ1) is 25.0. The van der Waals surface area contributed by atoms with E-state index in [-0.39, 0.29) is 5.41 Å². The minimum absolute atomic E-state index is 0.0884. The molecule has 0 amide bonds. The van der Waals surface area contributed by atoms with Gasteiger partial charge in [-0.05, 0) is 116 Å². The molecule has 0 saturated heterocycles.